The Hall–Kier alpha value is -3.29. The summed E-state index contributed by atoms with van der Waals surface area (Å²) >= 11 is 0. The zero-order valence-electron chi connectivity index (χ0n) is 31.9. The second-order valence-electron chi connectivity index (χ2n) is 12.1. The van der Waals surface area contributed by atoms with Crippen LogP contribution >= 0.6 is 7.82 Å². The lowest BCUT2D eigenvalue weighted by Crippen LogP contribution is -2.29. The van der Waals surface area contributed by atoms with Gasteiger partial charge in [-0.2, -0.15) is 0 Å². The fourth-order valence-electron chi connectivity index (χ4n) is 4.53. The largest absolute Gasteiger partial charge is 0.469 e. The Labute approximate surface area is 315 Å². The maximum absolute atomic E-state index is 12.3. The molecule has 0 saturated carbocycles. The predicted octanol–water partition coefficient (Wildman–Crippen LogP) is 11.6. The summed E-state index contributed by atoms with van der Waals surface area (Å²) in [6.07, 6.45) is 52.5. The van der Waals surface area contributed by atoms with Gasteiger partial charge < -0.3 is 19.3 Å². The number of allylic oxidation sites excluding steroid dienone is 18. The molecule has 0 amide bonds. The van der Waals surface area contributed by atoms with Gasteiger partial charge in [-0.15, -0.1) is 0 Å². The van der Waals surface area contributed by atoms with Crippen molar-refractivity contribution < 1.29 is 37.9 Å². The van der Waals surface area contributed by atoms with E-state index in [4.69, 9.17) is 19.3 Å². The summed E-state index contributed by atoms with van der Waals surface area (Å²) in [5, 5.41) is 0. The molecule has 0 spiro atoms. The average molecular weight is 743 g/mol. The summed E-state index contributed by atoms with van der Waals surface area (Å²) in [4.78, 5) is 42.7. The van der Waals surface area contributed by atoms with E-state index in [1.54, 1.807) is 0 Å². The van der Waals surface area contributed by atoms with Crippen LogP contribution in [0.2, 0.25) is 0 Å². The van der Waals surface area contributed by atoms with Crippen molar-refractivity contribution in [1.82, 2.24) is 0 Å². The third-order valence-corrected chi connectivity index (χ3v) is 7.79. The fraction of sp³-hybridized carbons (Fsp3) is 0.535. The van der Waals surface area contributed by atoms with E-state index in [0.29, 0.717) is 12.8 Å². The van der Waals surface area contributed by atoms with Gasteiger partial charge in [0.25, 0.3) is 0 Å². The van der Waals surface area contributed by atoms with Crippen LogP contribution in [0.15, 0.2) is 109 Å². The van der Waals surface area contributed by atoms with Crippen molar-refractivity contribution in [2.75, 3.05) is 13.2 Å². The second kappa shape index (κ2) is 37.5. The Kier molecular flexibility index (Phi) is 35.1. The third-order valence-electron chi connectivity index (χ3n) is 7.30. The van der Waals surface area contributed by atoms with Gasteiger partial charge in [0.2, 0.25) is 0 Å². The number of unbranched alkanes of at least 4 members (excludes halogenated alkanes) is 5. The van der Waals surface area contributed by atoms with Crippen molar-refractivity contribution >= 4 is 19.8 Å². The quantitative estimate of drug-likeness (QED) is 0.0295. The molecule has 8 nitrogen and oxygen atoms in total. The predicted molar refractivity (Wildman–Crippen MR) is 216 cm³/mol. The van der Waals surface area contributed by atoms with Gasteiger partial charge in [0.05, 0.1) is 6.61 Å². The summed E-state index contributed by atoms with van der Waals surface area (Å²) in [5.41, 5.74) is 0. The summed E-state index contributed by atoms with van der Waals surface area (Å²) in [5.74, 6) is -1.02. The number of phosphoric ester groups is 1. The molecule has 0 bridgehead atoms. The van der Waals surface area contributed by atoms with Crippen LogP contribution in [0.4, 0.5) is 0 Å². The van der Waals surface area contributed by atoms with E-state index in [-0.39, 0.29) is 19.4 Å². The molecule has 0 aliphatic rings. The molecule has 0 aliphatic carbocycles. The Morgan fingerprint density at radius 1 is 0.500 bits per heavy atom. The molecule has 0 aromatic rings. The SMILES string of the molecule is CC/C=C\C/C=C\C/C=C\C/C=C\C/C=C\C/C=C\CCC(=O)O[C@H](COC(=O)CCCCCCC/C=C\C/C=C\C/C=C\CC)COP(=O)(O)O. The van der Waals surface area contributed by atoms with Crippen LogP contribution < -0.4 is 0 Å². The summed E-state index contributed by atoms with van der Waals surface area (Å²) in [7, 11) is -4.78. The van der Waals surface area contributed by atoms with Gasteiger partial charge in [0.15, 0.2) is 6.10 Å². The van der Waals surface area contributed by atoms with Crippen molar-refractivity contribution in [2.45, 2.75) is 136 Å². The van der Waals surface area contributed by atoms with Crippen molar-refractivity contribution in [2.24, 2.45) is 0 Å². The molecular weight excluding hydrogens is 675 g/mol. The van der Waals surface area contributed by atoms with E-state index in [1.165, 1.54) is 0 Å². The van der Waals surface area contributed by atoms with Crippen LogP contribution in [0.1, 0.15) is 129 Å². The Morgan fingerprint density at radius 2 is 0.904 bits per heavy atom. The molecule has 292 valence electrons. The highest BCUT2D eigenvalue weighted by Gasteiger charge is 2.22. The monoisotopic (exact) mass is 742 g/mol. The van der Waals surface area contributed by atoms with Crippen LogP contribution in [0.3, 0.4) is 0 Å². The molecule has 0 unspecified atom stereocenters. The lowest BCUT2D eigenvalue weighted by molar-refractivity contribution is -0.161. The van der Waals surface area contributed by atoms with Crippen molar-refractivity contribution in [3.8, 4) is 0 Å². The van der Waals surface area contributed by atoms with Crippen molar-refractivity contribution in [3.05, 3.63) is 109 Å². The standard InChI is InChI=1S/C43H67O8P/c1-3-5-7-9-11-13-15-17-19-20-21-22-24-26-28-30-32-34-36-38-43(45)51-41(40-50-52(46,47)48)39-49-42(44)37-35-33-31-29-27-25-23-18-16-14-12-10-8-6-4-2/h5-8,11-14,17-19,21-23,26,28,32,34,41H,3-4,9-10,15-16,20,24-25,27,29-31,33,35-40H2,1-2H3,(H2,46,47,48)/b7-5-,8-6-,13-11-,14-12-,19-17-,22-21-,23-18-,28-26-,34-32-/t41-/m1/s1. The molecule has 52 heavy (non-hydrogen) atoms. The van der Waals surface area contributed by atoms with Gasteiger partial charge in [-0.1, -0.05) is 142 Å². The summed E-state index contributed by atoms with van der Waals surface area (Å²) in [6.45, 7) is 3.35. The minimum absolute atomic E-state index is 0.0757. The first-order valence-electron chi connectivity index (χ1n) is 19.2. The smallest absolute Gasteiger partial charge is 0.462 e. The number of carbonyl (C=O) groups excluding carboxylic acids is 2. The zero-order valence-corrected chi connectivity index (χ0v) is 32.8. The third kappa shape index (κ3) is 39.5. The van der Waals surface area contributed by atoms with Crippen LogP contribution in [0, 0.1) is 0 Å². The normalized spacial score (nSPS) is 13.7. The van der Waals surface area contributed by atoms with Crippen LogP contribution in [-0.4, -0.2) is 41.0 Å². The molecule has 1 atom stereocenters. The van der Waals surface area contributed by atoms with Crippen molar-refractivity contribution in [3.63, 3.8) is 0 Å². The molecule has 9 heteroatoms. The van der Waals surface area contributed by atoms with E-state index in [9.17, 15) is 14.2 Å². The van der Waals surface area contributed by atoms with Crippen molar-refractivity contribution in [1.29, 1.82) is 0 Å². The molecular formula is C43H67O8P. The molecule has 0 aromatic carbocycles. The number of hydrogen-bond donors (Lipinski definition) is 2. The first-order chi connectivity index (χ1) is 25.3. The number of hydrogen-bond acceptors (Lipinski definition) is 6. The average Bonchev–Trinajstić information content (AvgIpc) is 3.11. The van der Waals surface area contributed by atoms with Gasteiger partial charge >= 0.3 is 19.8 Å². The minimum atomic E-state index is -4.78. The molecule has 0 fully saturated rings. The summed E-state index contributed by atoms with van der Waals surface area (Å²) in [6, 6.07) is 0. The van der Waals surface area contributed by atoms with E-state index < -0.39 is 32.5 Å². The molecule has 0 radical (unpaired) electrons. The van der Waals surface area contributed by atoms with Gasteiger partial charge in [0, 0.05) is 12.8 Å². The van der Waals surface area contributed by atoms with Gasteiger partial charge in [-0.3, -0.25) is 14.1 Å². The molecule has 0 aliphatic heterocycles. The van der Waals surface area contributed by atoms with Crippen LogP contribution in [-0.2, 0) is 28.2 Å². The van der Waals surface area contributed by atoms with Gasteiger partial charge in [-0.05, 0) is 83.5 Å². The fourth-order valence-corrected chi connectivity index (χ4v) is 4.89. The lowest BCUT2D eigenvalue weighted by atomic mass is 10.1. The number of phosphoric acid groups is 1. The number of carbonyl (C=O) groups is 2. The van der Waals surface area contributed by atoms with Gasteiger partial charge in [-0.25, -0.2) is 4.57 Å². The molecule has 0 saturated heterocycles. The first-order valence-corrected chi connectivity index (χ1v) is 20.7. The highest BCUT2D eigenvalue weighted by Crippen LogP contribution is 2.35. The highest BCUT2D eigenvalue weighted by atomic mass is 31.2. The Morgan fingerprint density at radius 3 is 1.37 bits per heavy atom. The number of ether oxygens (including phenoxy) is 2. The molecule has 0 rings (SSSR count). The lowest BCUT2D eigenvalue weighted by Gasteiger charge is -2.18. The Bertz CT molecular complexity index is 1200. The highest BCUT2D eigenvalue weighted by molar-refractivity contribution is 7.46. The Balaban J connectivity index is 4.16. The van der Waals surface area contributed by atoms with E-state index in [1.807, 2.05) is 12.2 Å². The molecule has 2 N–H and O–H groups in total. The van der Waals surface area contributed by atoms with Gasteiger partial charge in [0.1, 0.15) is 6.61 Å². The van der Waals surface area contributed by atoms with E-state index >= 15 is 0 Å². The van der Waals surface area contributed by atoms with Crippen LogP contribution in [0.5, 0.6) is 0 Å². The topological polar surface area (TPSA) is 119 Å². The summed E-state index contributed by atoms with van der Waals surface area (Å²) < 4.78 is 26.2. The van der Waals surface area contributed by atoms with E-state index in [0.717, 1.165) is 89.9 Å². The second-order valence-corrected chi connectivity index (χ2v) is 13.4. The maximum atomic E-state index is 12.3. The van der Waals surface area contributed by atoms with Crippen LogP contribution in [0.25, 0.3) is 0 Å². The number of rotatable bonds is 33. The molecule has 0 aromatic heterocycles. The minimum Gasteiger partial charge on any atom is -0.462 e. The first kappa shape index (κ1) is 48.7. The maximum Gasteiger partial charge on any atom is 0.469 e. The zero-order chi connectivity index (χ0) is 38.2. The molecule has 0 heterocycles. The number of esters is 2. The van der Waals surface area contributed by atoms with E-state index in [2.05, 4.69) is 116 Å².